The van der Waals surface area contributed by atoms with Crippen LogP contribution in [0.25, 0.3) is 22.7 Å². The lowest BCUT2D eigenvalue weighted by Gasteiger charge is -2.29. The van der Waals surface area contributed by atoms with E-state index in [0.29, 0.717) is 29.0 Å². The van der Waals surface area contributed by atoms with Crippen LogP contribution in [0.15, 0.2) is 41.6 Å². The number of aryl methyl sites for hydroxylation is 1. The number of hydrogen-bond donors (Lipinski definition) is 1. The fourth-order valence-electron chi connectivity index (χ4n) is 4.11. The highest BCUT2D eigenvalue weighted by atomic mass is 16.1. The Kier molecular flexibility index (Phi) is 3.13. The summed E-state index contributed by atoms with van der Waals surface area (Å²) >= 11 is 0. The standard InChI is InChI=1S/C19H18N8O/c1-11-22-19-21-6-13(8-27(19)24-11)15-4-18(28)26-9-14(2-3-17(26)23-15)25-7-12-5-20-16(12)10-25/h2-4,6,8-9,12,16,20H,5,7,10H2,1H3. The van der Waals surface area contributed by atoms with Gasteiger partial charge in [-0.25, -0.2) is 14.5 Å². The number of nitrogens with zero attached hydrogens (tertiary/aromatic N) is 7. The zero-order valence-corrected chi connectivity index (χ0v) is 15.3. The minimum Gasteiger partial charge on any atom is -0.368 e. The van der Waals surface area contributed by atoms with E-state index in [-0.39, 0.29) is 5.56 Å². The van der Waals surface area contributed by atoms with Crippen LogP contribution in [-0.4, -0.2) is 54.6 Å². The Morgan fingerprint density at radius 3 is 2.89 bits per heavy atom. The minimum absolute atomic E-state index is 0.114. The largest absolute Gasteiger partial charge is 0.368 e. The van der Waals surface area contributed by atoms with Gasteiger partial charge in [-0.2, -0.15) is 10.1 Å². The van der Waals surface area contributed by atoms with Crippen molar-refractivity contribution in [2.75, 3.05) is 24.5 Å². The maximum Gasteiger partial charge on any atom is 0.258 e. The Balaban J connectivity index is 1.41. The van der Waals surface area contributed by atoms with Crippen LogP contribution in [0, 0.1) is 12.8 Å². The van der Waals surface area contributed by atoms with Crippen molar-refractivity contribution in [3.8, 4) is 11.3 Å². The number of aromatic nitrogens is 6. The first-order chi connectivity index (χ1) is 13.6. The zero-order valence-electron chi connectivity index (χ0n) is 15.3. The van der Waals surface area contributed by atoms with E-state index in [2.05, 4.69) is 30.3 Å². The van der Waals surface area contributed by atoms with Gasteiger partial charge in [0.25, 0.3) is 11.3 Å². The number of anilines is 1. The first kappa shape index (κ1) is 15.7. The molecule has 0 spiro atoms. The normalized spacial score (nSPS) is 21.2. The summed E-state index contributed by atoms with van der Waals surface area (Å²) < 4.78 is 3.21. The average molecular weight is 374 g/mol. The molecule has 28 heavy (non-hydrogen) atoms. The van der Waals surface area contributed by atoms with E-state index in [1.165, 1.54) is 0 Å². The predicted molar refractivity (Wildman–Crippen MR) is 103 cm³/mol. The molecule has 9 heteroatoms. The van der Waals surface area contributed by atoms with Crippen LogP contribution in [0.4, 0.5) is 5.69 Å². The molecule has 0 aromatic carbocycles. The summed E-state index contributed by atoms with van der Waals surface area (Å²) in [5.74, 6) is 1.89. The molecule has 1 N–H and O–H groups in total. The lowest BCUT2D eigenvalue weighted by Crippen LogP contribution is -2.51. The summed E-state index contributed by atoms with van der Waals surface area (Å²) in [5.41, 5.74) is 2.85. The van der Waals surface area contributed by atoms with Crippen LogP contribution >= 0.6 is 0 Å². The third-order valence-electron chi connectivity index (χ3n) is 5.69. The number of pyridine rings is 1. The fraction of sp³-hybridized carbons (Fsp3) is 0.316. The summed E-state index contributed by atoms with van der Waals surface area (Å²) in [5, 5.41) is 7.73. The molecule has 6 heterocycles. The topological polar surface area (TPSA) is 92.7 Å². The summed E-state index contributed by atoms with van der Waals surface area (Å²) in [6, 6.07) is 6.06. The molecule has 0 bridgehead atoms. The van der Waals surface area contributed by atoms with Gasteiger partial charge in [0.1, 0.15) is 11.5 Å². The Hall–Kier alpha value is -3.33. The second kappa shape index (κ2) is 5.59. The lowest BCUT2D eigenvalue weighted by atomic mass is 9.96. The molecule has 4 aromatic heterocycles. The van der Waals surface area contributed by atoms with E-state index >= 15 is 0 Å². The molecule has 2 aliphatic heterocycles. The van der Waals surface area contributed by atoms with Crippen LogP contribution in [0.5, 0.6) is 0 Å². The van der Waals surface area contributed by atoms with Gasteiger partial charge in [-0.1, -0.05) is 0 Å². The van der Waals surface area contributed by atoms with Crippen LogP contribution in [0.3, 0.4) is 0 Å². The molecule has 0 aliphatic carbocycles. The zero-order chi connectivity index (χ0) is 18.8. The number of nitrogens with one attached hydrogen (secondary N) is 1. The van der Waals surface area contributed by atoms with E-state index in [1.807, 2.05) is 25.3 Å². The van der Waals surface area contributed by atoms with Gasteiger partial charge in [-0.05, 0) is 19.1 Å². The first-order valence-corrected chi connectivity index (χ1v) is 9.35. The quantitative estimate of drug-likeness (QED) is 0.547. The molecule has 2 atom stereocenters. The van der Waals surface area contributed by atoms with E-state index in [4.69, 9.17) is 0 Å². The summed E-state index contributed by atoms with van der Waals surface area (Å²) in [4.78, 5) is 28.3. The van der Waals surface area contributed by atoms with Crippen molar-refractivity contribution >= 4 is 17.1 Å². The fourth-order valence-corrected chi connectivity index (χ4v) is 4.11. The van der Waals surface area contributed by atoms with Crippen molar-refractivity contribution in [1.29, 1.82) is 0 Å². The molecule has 2 aliphatic rings. The van der Waals surface area contributed by atoms with Gasteiger partial charge in [0.2, 0.25) is 0 Å². The monoisotopic (exact) mass is 374 g/mol. The second-order valence-electron chi connectivity index (χ2n) is 7.52. The van der Waals surface area contributed by atoms with E-state index in [1.54, 1.807) is 27.4 Å². The minimum atomic E-state index is -0.114. The summed E-state index contributed by atoms with van der Waals surface area (Å²) in [6.45, 7) is 4.92. The number of fused-ring (bicyclic) bond motifs is 3. The molecule has 2 saturated heterocycles. The molecule has 9 nitrogen and oxygen atoms in total. The van der Waals surface area contributed by atoms with Gasteiger partial charge < -0.3 is 10.2 Å². The predicted octanol–water partition coefficient (Wildman–Crippen LogP) is 0.516. The Morgan fingerprint density at radius 1 is 1.18 bits per heavy atom. The molecular formula is C19H18N8O. The number of hydrogen-bond acceptors (Lipinski definition) is 7. The smallest absolute Gasteiger partial charge is 0.258 e. The van der Waals surface area contributed by atoms with Gasteiger partial charge in [0.05, 0.1) is 11.4 Å². The molecular weight excluding hydrogens is 356 g/mol. The van der Waals surface area contributed by atoms with E-state index < -0.39 is 0 Å². The summed E-state index contributed by atoms with van der Waals surface area (Å²) in [6.07, 6.45) is 5.35. The van der Waals surface area contributed by atoms with Gasteiger partial charge in [0, 0.05) is 61.8 Å². The van der Waals surface area contributed by atoms with Gasteiger partial charge in [0.15, 0.2) is 0 Å². The molecule has 140 valence electrons. The molecule has 2 fully saturated rings. The van der Waals surface area contributed by atoms with Crippen LogP contribution in [-0.2, 0) is 0 Å². The summed E-state index contributed by atoms with van der Waals surface area (Å²) in [7, 11) is 0. The Labute approximate surface area is 159 Å². The average Bonchev–Trinajstić information content (AvgIpc) is 3.19. The van der Waals surface area contributed by atoms with Crippen molar-refractivity contribution < 1.29 is 0 Å². The maximum absolute atomic E-state index is 12.8. The molecule has 2 unspecified atom stereocenters. The van der Waals surface area contributed by atoms with E-state index in [9.17, 15) is 4.79 Å². The molecule has 4 aromatic rings. The van der Waals surface area contributed by atoms with Gasteiger partial charge in [-0.15, -0.1) is 0 Å². The van der Waals surface area contributed by atoms with Gasteiger partial charge in [-0.3, -0.25) is 9.20 Å². The maximum atomic E-state index is 12.8. The van der Waals surface area contributed by atoms with Crippen LogP contribution < -0.4 is 15.8 Å². The van der Waals surface area contributed by atoms with Crippen molar-refractivity contribution in [1.82, 2.24) is 34.3 Å². The highest BCUT2D eigenvalue weighted by Crippen LogP contribution is 2.28. The third-order valence-corrected chi connectivity index (χ3v) is 5.69. The SMILES string of the molecule is Cc1nc2ncc(-c3cc(=O)n4cc(N5CC6CNC6C5)ccc4n3)cn2n1. The highest BCUT2D eigenvalue weighted by molar-refractivity contribution is 5.62. The Morgan fingerprint density at radius 2 is 2.11 bits per heavy atom. The molecule has 0 saturated carbocycles. The lowest BCUT2D eigenvalue weighted by molar-refractivity contribution is 0.297. The van der Waals surface area contributed by atoms with Crippen molar-refractivity contribution in [2.45, 2.75) is 13.0 Å². The van der Waals surface area contributed by atoms with Crippen molar-refractivity contribution in [2.24, 2.45) is 5.92 Å². The van der Waals surface area contributed by atoms with Crippen molar-refractivity contribution in [3.63, 3.8) is 0 Å². The van der Waals surface area contributed by atoms with Crippen molar-refractivity contribution in [3.05, 3.63) is 53.0 Å². The molecule has 6 rings (SSSR count). The first-order valence-electron chi connectivity index (χ1n) is 9.35. The number of rotatable bonds is 2. The molecule has 0 amide bonds. The Bertz CT molecular complexity index is 1280. The van der Waals surface area contributed by atoms with Crippen LogP contribution in [0.1, 0.15) is 5.82 Å². The van der Waals surface area contributed by atoms with E-state index in [0.717, 1.165) is 36.8 Å². The third kappa shape index (κ3) is 2.32. The van der Waals surface area contributed by atoms with Crippen LogP contribution in [0.2, 0.25) is 0 Å². The molecule has 0 radical (unpaired) electrons. The second-order valence-corrected chi connectivity index (χ2v) is 7.52. The van der Waals surface area contributed by atoms with Gasteiger partial charge >= 0.3 is 0 Å². The highest BCUT2D eigenvalue weighted by Gasteiger charge is 2.39.